The molecule has 0 bridgehead atoms. The van der Waals surface area contributed by atoms with E-state index in [2.05, 4.69) is 42.5 Å². The van der Waals surface area contributed by atoms with Gasteiger partial charge in [0.05, 0.1) is 11.0 Å². The molecule has 2 heterocycles. The number of fused-ring (bicyclic) bond motifs is 5. The van der Waals surface area contributed by atoms with E-state index >= 15 is 0 Å². The van der Waals surface area contributed by atoms with Gasteiger partial charge in [-0.1, -0.05) is 78.9 Å². The predicted octanol–water partition coefficient (Wildman–Crippen LogP) is 5.86. The van der Waals surface area contributed by atoms with Crippen molar-refractivity contribution in [1.29, 1.82) is 0 Å². The Morgan fingerprint density at radius 2 is 1.22 bits per heavy atom. The van der Waals surface area contributed by atoms with E-state index in [1.165, 1.54) is 5.56 Å². The van der Waals surface area contributed by atoms with E-state index in [0.717, 1.165) is 43.5 Å². The number of nitrogens with zero attached hydrogens (tertiary/aromatic N) is 1. The number of hydrogen-bond donors (Lipinski definition) is 0. The highest BCUT2D eigenvalue weighted by atomic mass is 16.1. The van der Waals surface area contributed by atoms with Crippen molar-refractivity contribution in [1.82, 2.24) is 4.40 Å². The molecular weight excluding hydrogens is 330 g/mol. The normalized spacial score (nSPS) is 11.9. The van der Waals surface area contributed by atoms with Crippen molar-refractivity contribution in [2.75, 3.05) is 0 Å². The fraction of sp³-hybridized carbons (Fsp3) is 0. The molecule has 0 aliphatic heterocycles. The Morgan fingerprint density at radius 3 is 2.04 bits per heavy atom. The highest BCUT2D eigenvalue weighted by Gasteiger charge is 2.19. The molecule has 0 N–H and O–H groups in total. The summed E-state index contributed by atoms with van der Waals surface area (Å²) in [6, 6.07) is 30.9. The summed E-state index contributed by atoms with van der Waals surface area (Å²) in [4.78, 5) is 13.4. The first kappa shape index (κ1) is 14.5. The summed E-state index contributed by atoms with van der Waals surface area (Å²) in [5.41, 5.74) is 4.36. The standard InChI is InChI=1S/C25H15NO/c27-25-20-11-5-4-10-18(20)19-15-14-17(16-8-2-1-3-9-16)23-21-12-6-7-13-22(21)26(25)24(19)23/h1-15H. The van der Waals surface area contributed by atoms with Crippen LogP contribution in [0.2, 0.25) is 0 Å². The lowest BCUT2D eigenvalue weighted by Crippen LogP contribution is -2.12. The number of pyridine rings is 1. The first-order valence-corrected chi connectivity index (χ1v) is 9.10. The Balaban J connectivity index is 1.99. The van der Waals surface area contributed by atoms with Crippen LogP contribution in [0, 0.1) is 0 Å². The molecular formula is C25H15NO. The SMILES string of the molecule is O=c1c2ccccc2c2ccc(-c3ccccc3)c3c4ccccc4n1c23. The molecule has 0 unspecified atom stereocenters. The van der Waals surface area contributed by atoms with E-state index < -0.39 is 0 Å². The van der Waals surface area contributed by atoms with Crippen LogP contribution in [0.4, 0.5) is 0 Å². The lowest BCUT2D eigenvalue weighted by molar-refractivity contribution is 1.21. The van der Waals surface area contributed by atoms with Crippen LogP contribution in [0.15, 0.2) is 95.8 Å². The van der Waals surface area contributed by atoms with Crippen molar-refractivity contribution in [2.24, 2.45) is 0 Å². The highest BCUT2D eigenvalue weighted by Crippen LogP contribution is 2.39. The van der Waals surface area contributed by atoms with Crippen LogP contribution in [-0.4, -0.2) is 4.40 Å². The Bertz CT molecular complexity index is 1530. The van der Waals surface area contributed by atoms with Gasteiger partial charge in [0.1, 0.15) is 0 Å². The highest BCUT2D eigenvalue weighted by molar-refractivity contribution is 6.24. The van der Waals surface area contributed by atoms with Crippen LogP contribution in [0.1, 0.15) is 0 Å². The summed E-state index contributed by atoms with van der Waals surface area (Å²) in [6.07, 6.45) is 0. The summed E-state index contributed by atoms with van der Waals surface area (Å²) in [6.45, 7) is 0. The number of benzene rings is 4. The van der Waals surface area contributed by atoms with Gasteiger partial charge in [-0.15, -0.1) is 0 Å². The van der Waals surface area contributed by atoms with Crippen LogP contribution in [0.5, 0.6) is 0 Å². The van der Waals surface area contributed by atoms with Gasteiger partial charge in [-0.3, -0.25) is 9.20 Å². The molecule has 6 aromatic rings. The van der Waals surface area contributed by atoms with Crippen LogP contribution >= 0.6 is 0 Å². The second-order valence-corrected chi connectivity index (χ2v) is 6.95. The second kappa shape index (κ2) is 5.18. The van der Waals surface area contributed by atoms with Gasteiger partial charge >= 0.3 is 0 Å². The smallest absolute Gasteiger partial charge is 0.263 e. The van der Waals surface area contributed by atoms with Crippen LogP contribution in [-0.2, 0) is 0 Å². The summed E-state index contributed by atoms with van der Waals surface area (Å²) in [5.74, 6) is 0. The molecule has 0 aliphatic rings. The molecule has 0 saturated heterocycles. The molecule has 4 aromatic carbocycles. The van der Waals surface area contributed by atoms with Gasteiger partial charge in [0.15, 0.2) is 0 Å². The first-order chi connectivity index (χ1) is 13.3. The predicted molar refractivity (Wildman–Crippen MR) is 113 cm³/mol. The molecule has 27 heavy (non-hydrogen) atoms. The Kier molecular flexibility index (Phi) is 2.78. The van der Waals surface area contributed by atoms with Crippen molar-refractivity contribution >= 4 is 38.0 Å². The molecule has 2 aromatic heterocycles. The van der Waals surface area contributed by atoms with E-state index in [1.54, 1.807) is 0 Å². The molecule has 0 atom stereocenters. The third-order valence-electron chi connectivity index (χ3n) is 5.55. The zero-order valence-corrected chi connectivity index (χ0v) is 14.5. The number of aromatic nitrogens is 1. The summed E-state index contributed by atoms with van der Waals surface area (Å²) >= 11 is 0. The first-order valence-electron chi connectivity index (χ1n) is 9.10. The van der Waals surface area contributed by atoms with Crippen molar-refractivity contribution < 1.29 is 0 Å². The molecule has 126 valence electrons. The number of para-hydroxylation sites is 1. The molecule has 6 rings (SSSR count). The van der Waals surface area contributed by atoms with Crippen molar-refractivity contribution in [2.45, 2.75) is 0 Å². The largest absolute Gasteiger partial charge is 0.275 e. The fourth-order valence-electron chi connectivity index (χ4n) is 4.41. The molecule has 0 amide bonds. The molecule has 0 radical (unpaired) electrons. The average molecular weight is 345 g/mol. The van der Waals surface area contributed by atoms with E-state index in [4.69, 9.17) is 0 Å². The van der Waals surface area contributed by atoms with E-state index in [9.17, 15) is 4.79 Å². The van der Waals surface area contributed by atoms with E-state index in [-0.39, 0.29) is 5.56 Å². The third-order valence-corrected chi connectivity index (χ3v) is 5.55. The zero-order valence-electron chi connectivity index (χ0n) is 14.5. The molecule has 0 spiro atoms. The van der Waals surface area contributed by atoms with E-state index in [1.807, 2.05) is 52.9 Å². The average Bonchev–Trinajstić information content (AvgIpc) is 3.09. The van der Waals surface area contributed by atoms with Gasteiger partial charge in [-0.25, -0.2) is 0 Å². The second-order valence-electron chi connectivity index (χ2n) is 6.95. The van der Waals surface area contributed by atoms with Gasteiger partial charge in [-0.2, -0.15) is 0 Å². The van der Waals surface area contributed by atoms with E-state index in [0.29, 0.717) is 0 Å². The molecule has 0 aliphatic carbocycles. The topological polar surface area (TPSA) is 21.5 Å². The van der Waals surface area contributed by atoms with Gasteiger partial charge in [0.25, 0.3) is 5.56 Å². The number of rotatable bonds is 1. The molecule has 2 nitrogen and oxygen atoms in total. The zero-order chi connectivity index (χ0) is 18.0. The van der Waals surface area contributed by atoms with Gasteiger partial charge in [-0.05, 0) is 28.6 Å². The Labute approximate surface area is 155 Å². The van der Waals surface area contributed by atoms with Gasteiger partial charge in [0.2, 0.25) is 0 Å². The molecule has 0 saturated carbocycles. The van der Waals surface area contributed by atoms with Crippen LogP contribution in [0.25, 0.3) is 49.1 Å². The van der Waals surface area contributed by atoms with Gasteiger partial charge < -0.3 is 0 Å². The lowest BCUT2D eigenvalue weighted by atomic mass is 9.96. The maximum atomic E-state index is 13.4. The van der Waals surface area contributed by atoms with Crippen LogP contribution in [0.3, 0.4) is 0 Å². The summed E-state index contributed by atoms with van der Waals surface area (Å²) < 4.78 is 1.90. The third kappa shape index (κ3) is 1.82. The Hall–Kier alpha value is -3.65. The maximum Gasteiger partial charge on any atom is 0.263 e. The quantitative estimate of drug-likeness (QED) is 0.342. The molecule has 2 heteroatoms. The fourth-order valence-corrected chi connectivity index (χ4v) is 4.41. The Morgan fingerprint density at radius 1 is 0.556 bits per heavy atom. The monoisotopic (exact) mass is 345 g/mol. The van der Waals surface area contributed by atoms with Crippen molar-refractivity contribution in [3.63, 3.8) is 0 Å². The van der Waals surface area contributed by atoms with Crippen molar-refractivity contribution in [3.8, 4) is 11.1 Å². The number of hydrogen-bond acceptors (Lipinski definition) is 1. The summed E-state index contributed by atoms with van der Waals surface area (Å²) in [7, 11) is 0. The maximum absolute atomic E-state index is 13.4. The minimum absolute atomic E-state index is 0.0505. The molecule has 0 fully saturated rings. The van der Waals surface area contributed by atoms with Crippen LogP contribution < -0.4 is 5.56 Å². The minimum Gasteiger partial charge on any atom is -0.275 e. The van der Waals surface area contributed by atoms with Gasteiger partial charge in [0, 0.05) is 21.5 Å². The van der Waals surface area contributed by atoms with Crippen molar-refractivity contribution in [3.05, 3.63) is 101 Å². The minimum atomic E-state index is 0.0505. The summed E-state index contributed by atoms with van der Waals surface area (Å²) in [5, 5.41) is 5.17. The lowest BCUT2D eigenvalue weighted by Gasteiger charge is -2.09.